The fourth-order valence-corrected chi connectivity index (χ4v) is 3.54. The molecular formula is C5H8NS2+. The Morgan fingerprint density at radius 1 is 1.12 bits per heavy atom. The molecule has 8 heavy (non-hydrogen) atoms. The zero-order chi connectivity index (χ0) is 5.40. The molecule has 0 amide bonds. The van der Waals surface area contributed by atoms with Crippen molar-refractivity contribution in [3.63, 3.8) is 0 Å². The molecule has 0 aliphatic carbocycles. The molecule has 0 saturated heterocycles. The van der Waals surface area contributed by atoms with E-state index in [1.807, 2.05) is 23.5 Å². The van der Waals surface area contributed by atoms with Crippen molar-refractivity contribution in [1.82, 2.24) is 0 Å². The van der Waals surface area contributed by atoms with Gasteiger partial charge in [-0.25, -0.2) is 4.58 Å². The predicted molar refractivity (Wildman–Crippen MR) is 39.9 cm³/mol. The summed E-state index contributed by atoms with van der Waals surface area (Å²) in [5, 5.41) is 0. The van der Waals surface area contributed by atoms with Gasteiger partial charge in [-0.3, -0.25) is 0 Å². The van der Waals surface area contributed by atoms with Gasteiger partial charge in [0.25, 0.3) is 4.38 Å². The molecule has 3 heteroatoms. The molecule has 0 unspecified atom stereocenters. The van der Waals surface area contributed by atoms with Crippen molar-refractivity contribution in [3.8, 4) is 0 Å². The van der Waals surface area contributed by atoms with Gasteiger partial charge in [-0.1, -0.05) is 0 Å². The first-order valence-electron chi connectivity index (χ1n) is 2.84. The lowest BCUT2D eigenvalue weighted by molar-refractivity contribution is -0.507. The van der Waals surface area contributed by atoms with Crippen LogP contribution in [-0.4, -0.2) is 33.5 Å². The standard InChI is InChI=1S/C5H8NS2/c1-3-7-5-6(1)2-4-8-5/h1-4H2/q+1. The number of hydrogen-bond acceptors (Lipinski definition) is 2. The van der Waals surface area contributed by atoms with E-state index in [1.165, 1.54) is 24.6 Å². The molecule has 2 aliphatic rings. The van der Waals surface area contributed by atoms with Crippen molar-refractivity contribution in [2.24, 2.45) is 0 Å². The molecule has 0 aromatic rings. The molecule has 2 heterocycles. The third-order valence-electron chi connectivity index (χ3n) is 1.43. The second kappa shape index (κ2) is 1.95. The van der Waals surface area contributed by atoms with Crippen LogP contribution in [0.4, 0.5) is 0 Å². The Balaban J connectivity index is 2.23. The van der Waals surface area contributed by atoms with Crippen LogP contribution in [0.2, 0.25) is 0 Å². The van der Waals surface area contributed by atoms with Crippen molar-refractivity contribution in [2.75, 3.05) is 24.6 Å². The highest BCUT2D eigenvalue weighted by molar-refractivity contribution is 8.38. The third kappa shape index (κ3) is 0.685. The maximum Gasteiger partial charge on any atom is 0.270 e. The first-order chi connectivity index (χ1) is 3.97. The highest BCUT2D eigenvalue weighted by atomic mass is 32.2. The summed E-state index contributed by atoms with van der Waals surface area (Å²) >= 11 is 4.04. The minimum atomic E-state index is 1.30. The predicted octanol–water partition coefficient (Wildman–Crippen LogP) is 0.849. The smallest absolute Gasteiger partial charge is 0.217 e. The Hall–Kier alpha value is 0.370. The molecule has 44 valence electrons. The Morgan fingerprint density at radius 3 is 2.25 bits per heavy atom. The lowest BCUT2D eigenvalue weighted by atomic mass is 10.6. The Kier molecular flexibility index (Phi) is 1.27. The molecular weight excluding hydrogens is 138 g/mol. The van der Waals surface area contributed by atoms with Gasteiger partial charge in [-0.2, -0.15) is 0 Å². The second-order valence-electron chi connectivity index (χ2n) is 1.95. The van der Waals surface area contributed by atoms with E-state index in [0.29, 0.717) is 0 Å². The summed E-state index contributed by atoms with van der Waals surface area (Å²) < 4.78 is 4.06. The fraction of sp³-hybridized carbons (Fsp3) is 0.800. The molecule has 0 atom stereocenters. The van der Waals surface area contributed by atoms with Gasteiger partial charge in [0, 0.05) is 0 Å². The summed E-state index contributed by atoms with van der Waals surface area (Å²) in [7, 11) is 0. The molecule has 2 aliphatic heterocycles. The van der Waals surface area contributed by atoms with Crippen LogP contribution < -0.4 is 0 Å². The molecule has 0 spiro atoms. The SMILES string of the molecule is C1C[N+]2=C(S1)SCC2. The minimum Gasteiger partial charge on any atom is -0.217 e. The van der Waals surface area contributed by atoms with Crippen molar-refractivity contribution < 1.29 is 4.58 Å². The number of rotatable bonds is 0. The zero-order valence-electron chi connectivity index (χ0n) is 4.59. The fourth-order valence-electron chi connectivity index (χ4n) is 1.00. The summed E-state index contributed by atoms with van der Waals surface area (Å²) in [6, 6.07) is 0. The first kappa shape index (κ1) is 5.18. The van der Waals surface area contributed by atoms with Gasteiger partial charge in [0.05, 0.1) is 11.5 Å². The second-order valence-corrected chi connectivity index (χ2v) is 4.38. The summed E-state index contributed by atoms with van der Waals surface area (Å²) in [4.78, 5) is 0. The zero-order valence-corrected chi connectivity index (χ0v) is 6.23. The number of thioether (sulfide) groups is 2. The minimum absolute atomic E-state index is 1.30. The Morgan fingerprint density at radius 2 is 1.75 bits per heavy atom. The molecule has 0 fully saturated rings. The maximum absolute atomic E-state index is 2.48. The largest absolute Gasteiger partial charge is 0.270 e. The van der Waals surface area contributed by atoms with Crippen LogP contribution >= 0.6 is 23.5 Å². The molecule has 0 N–H and O–H groups in total. The molecule has 0 aromatic carbocycles. The van der Waals surface area contributed by atoms with Gasteiger partial charge >= 0.3 is 0 Å². The normalized spacial score (nSPS) is 27.0. The van der Waals surface area contributed by atoms with Crippen LogP contribution in [0.25, 0.3) is 0 Å². The Labute approximate surface area is 57.5 Å². The summed E-state index contributed by atoms with van der Waals surface area (Å²) in [6.07, 6.45) is 0. The first-order valence-corrected chi connectivity index (χ1v) is 4.81. The van der Waals surface area contributed by atoms with Crippen molar-refractivity contribution >= 4 is 27.9 Å². The van der Waals surface area contributed by atoms with E-state index in [-0.39, 0.29) is 0 Å². The van der Waals surface area contributed by atoms with E-state index in [4.69, 9.17) is 0 Å². The Bertz CT molecular complexity index is 113. The number of nitrogens with zero attached hydrogens (tertiary/aromatic N) is 1. The van der Waals surface area contributed by atoms with E-state index < -0.39 is 0 Å². The van der Waals surface area contributed by atoms with E-state index in [0.717, 1.165) is 0 Å². The van der Waals surface area contributed by atoms with Gasteiger partial charge in [0.15, 0.2) is 13.1 Å². The van der Waals surface area contributed by atoms with Gasteiger partial charge in [0.2, 0.25) is 0 Å². The van der Waals surface area contributed by atoms with E-state index in [9.17, 15) is 0 Å². The van der Waals surface area contributed by atoms with Crippen molar-refractivity contribution in [3.05, 3.63) is 0 Å². The summed E-state index contributed by atoms with van der Waals surface area (Å²) in [6.45, 7) is 2.60. The highest BCUT2D eigenvalue weighted by Gasteiger charge is 2.28. The average molecular weight is 146 g/mol. The van der Waals surface area contributed by atoms with E-state index >= 15 is 0 Å². The molecule has 0 bridgehead atoms. The average Bonchev–Trinajstić information content (AvgIpc) is 2.15. The monoisotopic (exact) mass is 146 g/mol. The van der Waals surface area contributed by atoms with Crippen LogP contribution in [0, 0.1) is 0 Å². The van der Waals surface area contributed by atoms with E-state index in [2.05, 4.69) is 4.58 Å². The lowest BCUT2D eigenvalue weighted by Gasteiger charge is -1.83. The van der Waals surface area contributed by atoms with Crippen LogP contribution in [0.5, 0.6) is 0 Å². The molecule has 0 radical (unpaired) electrons. The maximum atomic E-state index is 2.48. The van der Waals surface area contributed by atoms with Gasteiger partial charge in [0.1, 0.15) is 0 Å². The number of hydrogen-bond donors (Lipinski definition) is 0. The van der Waals surface area contributed by atoms with Gasteiger partial charge in [-0.05, 0) is 23.5 Å². The van der Waals surface area contributed by atoms with Crippen LogP contribution in [-0.2, 0) is 0 Å². The quantitative estimate of drug-likeness (QED) is 0.466. The third-order valence-corrected chi connectivity index (χ3v) is 3.92. The highest BCUT2D eigenvalue weighted by Crippen LogP contribution is 2.26. The molecule has 0 saturated carbocycles. The van der Waals surface area contributed by atoms with Gasteiger partial charge < -0.3 is 0 Å². The summed E-state index contributed by atoms with van der Waals surface area (Å²) in [5.74, 6) is 2.64. The molecule has 0 aromatic heterocycles. The van der Waals surface area contributed by atoms with Crippen LogP contribution in [0.1, 0.15) is 0 Å². The van der Waals surface area contributed by atoms with Crippen LogP contribution in [0.3, 0.4) is 0 Å². The van der Waals surface area contributed by atoms with Gasteiger partial charge in [-0.15, -0.1) is 0 Å². The molecule has 1 nitrogen and oxygen atoms in total. The van der Waals surface area contributed by atoms with Crippen molar-refractivity contribution in [1.29, 1.82) is 0 Å². The van der Waals surface area contributed by atoms with Crippen molar-refractivity contribution in [2.45, 2.75) is 0 Å². The summed E-state index contributed by atoms with van der Waals surface area (Å²) in [5.41, 5.74) is 0. The van der Waals surface area contributed by atoms with E-state index in [1.54, 1.807) is 4.38 Å². The molecule has 2 rings (SSSR count). The lowest BCUT2D eigenvalue weighted by Crippen LogP contribution is -2.09. The van der Waals surface area contributed by atoms with Crippen LogP contribution in [0.15, 0.2) is 0 Å². The topological polar surface area (TPSA) is 3.01 Å².